The first-order valence-corrected chi connectivity index (χ1v) is 7.27. The third-order valence-corrected chi connectivity index (χ3v) is 3.86. The highest BCUT2D eigenvalue weighted by atomic mass is 16.5. The molecule has 2 nitrogen and oxygen atoms in total. The molecule has 0 aliphatic heterocycles. The first-order chi connectivity index (χ1) is 8.81. The lowest BCUT2D eigenvalue weighted by Crippen LogP contribution is -2.16. The quantitative estimate of drug-likeness (QED) is 0.794. The summed E-state index contributed by atoms with van der Waals surface area (Å²) in [7, 11) is 0. The van der Waals surface area contributed by atoms with E-state index in [-0.39, 0.29) is 0 Å². The van der Waals surface area contributed by atoms with E-state index in [4.69, 9.17) is 4.74 Å². The van der Waals surface area contributed by atoms with Gasteiger partial charge in [0.1, 0.15) is 5.75 Å². The Labute approximate surface area is 110 Å². The molecule has 0 unspecified atom stereocenters. The van der Waals surface area contributed by atoms with Crippen LogP contribution in [0.2, 0.25) is 0 Å². The van der Waals surface area contributed by atoms with Crippen LogP contribution in [-0.2, 0) is 6.54 Å². The summed E-state index contributed by atoms with van der Waals surface area (Å²) in [6.45, 7) is 3.98. The van der Waals surface area contributed by atoms with Crippen molar-refractivity contribution in [3.8, 4) is 5.75 Å². The minimum absolute atomic E-state index is 0.754. The molecule has 1 aromatic carbocycles. The highest BCUT2D eigenvalue weighted by molar-refractivity contribution is 5.37. The molecule has 0 heterocycles. The second-order valence-corrected chi connectivity index (χ2v) is 5.85. The fourth-order valence-electron chi connectivity index (χ4n) is 2.27. The second kappa shape index (κ2) is 5.31. The van der Waals surface area contributed by atoms with Crippen molar-refractivity contribution in [3.05, 3.63) is 29.3 Å². The minimum atomic E-state index is 0.754. The molecule has 0 atom stereocenters. The maximum atomic E-state index is 5.96. The summed E-state index contributed by atoms with van der Waals surface area (Å²) in [4.78, 5) is 0. The van der Waals surface area contributed by atoms with Gasteiger partial charge in [-0.15, -0.1) is 0 Å². The summed E-state index contributed by atoms with van der Waals surface area (Å²) in [5.74, 6) is 2.03. The standard InChI is InChI=1S/C16H23NO/c1-12-2-7-16(18-9-8-13-3-4-13)14(10-12)11-17-15-5-6-15/h2,7,10,13,15,17H,3-6,8-9,11H2,1H3. The highest BCUT2D eigenvalue weighted by Gasteiger charge is 2.22. The van der Waals surface area contributed by atoms with Crippen molar-refractivity contribution in [3.63, 3.8) is 0 Å². The molecule has 1 N–H and O–H groups in total. The topological polar surface area (TPSA) is 21.3 Å². The molecule has 0 aromatic heterocycles. The van der Waals surface area contributed by atoms with Gasteiger partial charge in [-0.3, -0.25) is 0 Å². The smallest absolute Gasteiger partial charge is 0.123 e. The molecule has 0 radical (unpaired) electrons. The number of rotatable bonds is 7. The Hall–Kier alpha value is -1.02. The van der Waals surface area contributed by atoms with Gasteiger partial charge in [-0.25, -0.2) is 0 Å². The zero-order valence-corrected chi connectivity index (χ0v) is 11.2. The Morgan fingerprint density at radius 3 is 2.78 bits per heavy atom. The number of ether oxygens (including phenoxy) is 1. The maximum absolute atomic E-state index is 5.96. The molecule has 0 saturated heterocycles. The zero-order valence-electron chi connectivity index (χ0n) is 11.2. The van der Waals surface area contributed by atoms with Gasteiger partial charge >= 0.3 is 0 Å². The number of benzene rings is 1. The van der Waals surface area contributed by atoms with Crippen molar-refractivity contribution in [1.82, 2.24) is 5.32 Å². The lowest BCUT2D eigenvalue weighted by molar-refractivity contribution is 0.298. The van der Waals surface area contributed by atoms with Gasteiger partial charge in [0.15, 0.2) is 0 Å². The van der Waals surface area contributed by atoms with E-state index in [0.29, 0.717) is 0 Å². The van der Waals surface area contributed by atoms with Crippen LogP contribution in [0.15, 0.2) is 18.2 Å². The largest absolute Gasteiger partial charge is 0.493 e. The maximum Gasteiger partial charge on any atom is 0.123 e. The predicted octanol–water partition coefficient (Wildman–Crippen LogP) is 3.43. The van der Waals surface area contributed by atoms with Gasteiger partial charge in [-0.05, 0) is 38.2 Å². The fraction of sp³-hybridized carbons (Fsp3) is 0.625. The van der Waals surface area contributed by atoms with Crippen LogP contribution in [0.4, 0.5) is 0 Å². The summed E-state index contributed by atoms with van der Waals surface area (Å²) in [5.41, 5.74) is 2.63. The number of hydrogen-bond donors (Lipinski definition) is 1. The Morgan fingerprint density at radius 2 is 2.06 bits per heavy atom. The van der Waals surface area contributed by atoms with E-state index in [9.17, 15) is 0 Å². The SMILES string of the molecule is Cc1ccc(OCCC2CC2)c(CNC2CC2)c1. The molecule has 0 amide bonds. The predicted molar refractivity (Wildman–Crippen MR) is 73.9 cm³/mol. The van der Waals surface area contributed by atoms with Gasteiger partial charge in [0.2, 0.25) is 0 Å². The minimum Gasteiger partial charge on any atom is -0.493 e. The van der Waals surface area contributed by atoms with Crippen molar-refractivity contribution in [2.45, 2.75) is 51.6 Å². The molecule has 2 saturated carbocycles. The molecule has 0 bridgehead atoms. The van der Waals surface area contributed by atoms with E-state index >= 15 is 0 Å². The van der Waals surface area contributed by atoms with Crippen LogP contribution in [-0.4, -0.2) is 12.6 Å². The Bertz CT molecular complexity index is 408. The second-order valence-electron chi connectivity index (χ2n) is 5.85. The molecule has 18 heavy (non-hydrogen) atoms. The number of aryl methyl sites for hydroxylation is 1. The van der Waals surface area contributed by atoms with Crippen LogP contribution < -0.4 is 10.1 Å². The summed E-state index contributed by atoms with van der Waals surface area (Å²) >= 11 is 0. The van der Waals surface area contributed by atoms with Crippen LogP contribution >= 0.6 is 0 Å². The average molecular weight is 245 g/mol. The van der Waals surface area contributed by atoms with E-state index in [1.807, 2.05) is 0 Å². The van der Waals surface area contributed by atoms with Gasteiger partial charge in [-0.1, -0.05) is 30.5 Å². The van der Waals surface area contributed by atoms with Crippen LogP contribution in [0, 0.1) is 12.8 Å². The first-order valence-electron chi connectivity index (χ1n) is 7.27. The van der Waals surface area contributed by atoms with Gasteiger partial charge in [0.05, 0.1) is 6.61 Å². The van der Waals surface area contributed by atoms with E-state index in [0.717, 1.165) is 30.9 Å². The monoisotopic (exact) mass is 245 g/mol. The number of hydrogen-bond acceptors (Lipinski definition) is 2. The number of nitrogens with one attached hydrogen (secondary N) is 1. The molecular formula is C16H23NO. The molecule has 0 spiro atoms. The van der Waals surface area contributed by atoms with Crippen LogP contribution in [0.5, 0.6) is 5.75 Å². The van der Waals surface area contributed by atoms with Crippen molar-refractivity contribution in [1.29, 1.82) is 0 Å². The summed E-state index contributed by atoms with van der Waals surface area (Å²) in [6.07, 6.45) is 6.72. The van der Waals surface area contributed by atoms with Crippen molar-refractivity contribution < 1.29 is 4.74 Å². The zero-order chi connectivity index (χ0) is 12.4. The molecule has 2 aliphatic carbocycles. The summed E-state index contributed by atoms with van der Waals surface area (Å²) in [6, 6.07) is 7.28. The van der Waals surface area contributed by atoms with Gasteiger partial charge in [0, 0.05) is 18.2 Å². The normalized spacial score (nSPS) is 18.9. The van der Waals surface area contributed by atoms with Gasteiger partial charge < -0.3 is 10.1 Å². The van der Waals surface area contributed by atoms with Gasteiger partial charge in [-0.2, -0.15) is 0 Å². The Balaban J connectivity index is 1.57. The van der Waals surface area contributed by atoms with Crippen molar-refractivity contribution in [2.24, 2.45) is 5.92 Å². The molecule has 2 fully saturated rings. The Kier molecular flexibility index (Phi) is 3.55. The highest BCUT2D eigenvalue weighted by Crippen LogP contribution is 2.32. The molecule has 98 valence electrons. The molecule has 1 aromatic rings. The fourth-order valence-corrected chi connectivity index (χ4v) is 2.27. The third-order valence-electron chi connectivity index (χ3n) is 3.86. The molecule has 2 aliphatic rings. The summed E-state index contributed by atoms with van der Waals surface area (Å²) in [5, 5.41) is 3.57. The van der Waals surface area contributed by atoms with Crippen LogP contribution in [0.25, 0.3) is 0 Å². The molecule has 2 heteroatoms. The molecular weight excluding hydrogens is 222 g/mol. The van der Waals surface area contributed by atoms with Crippen LogP contribution in [0.1, 0.15) is 43.2 Å². The van der Waals surface area contributed by atoms with Crippen molar-refractivity contribution >= 4 is 0 Å². The lowest BCUT2D eigenvalue weighted by atomic mass is 10.1. The van der Waals surface area contributed by atoms with Gasteiger partial charge in [0.25, 0.3) is 0 Å². The van der Waals surface area contributed by atoms with E-state index < -0.39 is 0 Å². The first kappa shape index (κ1) is 12.0. The lowest BCUT2D eigenvalue weighted by Gasteiger charge is -2.13. The molecule has 3 rings (SSSR count). The van der Waals surface area contributed by atoms with E-state index in [1.165, 1.54) is 43.2 Å². The van der Waals surface area contributed by atoms with E-state index in [1.54, 1.807) is 0 Å². The average Bonchev–Trinajstić information content (AvgIpc) is 3.24. The van der Waals surface area contributed by atoms with E-state index in [2.05, 4.69) is 30.4 Å². The summed E-state index contributed by atoms with van der Waals surface area (Å²) < 4.78 is 5.96. The van der Waals surface area contributed by atoms with Crippen LogP contribution in [0.3, 0.4) is 0 Å². The van der Waals surface area contributed by atoms with Crippen molar-refractivity contribution in [2.75, 3.05) is 6.61 Å². The Morgan fingerprint density at radius 1 is 1.22 bits per heavy atom. The third kappa shape index (κ3) is 3.49.